The van der Waals surface area contributed by atoms with E-state index in [2.05, 4.69) is 23.9 Å². The second-order valence-electron chi connectivity index (χ2n) is 5.11. The van der Waals surface area contributed by atoms with E-state index in [0.717, 1.165) is 0 Å². The summed E-state index contributed by atoms with van der Waals surface area (Å²) in [5, 5.41) is 3.27. The van der Waals surface area contributed by atoms with Crippen molar-refractivity contribution in [3.63, 3.8) is 0 Å². The Morgan fingerprint density at radius 1 is 1.32 bits per heavy atom. The van der Waals surface area contributed by atoms with E-state index in [0.29, 0.717) is 12.2 Å². The van der Waals surface area contributed by atoms with E-state index < -0.39 is 10.0 Å². The summed E-state index contributed by atoms with van der Waals surface area (Å²) in [7, 11) is -2.09. The van der Waals surface area contributed by atoms with Crippen molar-refractivity contribution in [2.75, 3.05) is 18.9 Å². The molecule has 6 heteroatoms. The molecule has 0 spiro atoms. The minimum atomic E-state index is -3.49. The Morgan fingerprint density at radius 3 is 2.37 bits per heavy atom. The van der Waals surface area contributed by atoms with Crippen LogP contribution in [0.4, 0.5) is 5.69 Å². The first-order valence-electron chi connectivity index (χ1n) is 6.27. The highest BCUT2D eigenvalue weighted by Gasteiger charge is 2.28. The van der Waals surface area contributed by atoms with Crippen molar-refractivity contribution in [1.29, 1.82) is 0 Å². The fourth-order valence-corrected chi connectivity index (χ4v) is 2.54. The van der Waals surface area contributed by atoms with Crippen LogP contribution in [0.2, 0.25) is 0 Å². The van der Waals surface area contributed by atoms with Crippen molar-refractivity contribution in [3.05, 3.63) is 24.3 Å². The SMILES string of the molecule is CNS(=O)(=O)c1ccccc1NC(C)(CN)C(C)C. The molecule has 0 amide bonds. The summed E-state index contributed by atoms with van der Waals surface area (Å²) in [6.45, 7) is 6.50. The van der Waals surface area contributed by atoms with Gasteiger partial charge in [-0.15, -0.1) is 0 Å². The molecule has 0 aliphatic heterocycles. The molecule has 0 aromatic heterocycles. The standard InChI is InChI=1S/C13H23N3O2S/c1-10(2)13(3,9-14)16-11-7-5-6-8-12(11)19(17,18)15-4/h5-8,10,15-16H,9,14H2,1-4H3. The van der Waals surface area contributed by atoms with Crippen LogP contribution in [0.15, 0.2) is 29.2 Å². The maximum absolute atomic E-state index is 12.0. The van der Waals surface area contributed by atoms with Gasteiger partial charge in [-0.05, 0) is 32.0 Å². The molecule has 4 N–H and O–H groups in total. The van der Waals surface area contributed by atoms with Gasteiger partial charge < -0.3 is 11.1 Å². The summed E-state index contributed by atoms with van der Waals surface area (Å²) in [5.74, 6) is 0.267. The second-order valence-corrected chi connectivity index (χ2v) is 6.96. The molecule has 108 valence electrons. The topological polar surface area (TPSA) is 84.2 Å². The van der Waals surface area contributed by atoms with Gasteiger partial charge in [0, 0.05) is 12.1 Å². The third-order valence-electron chi connectivity index (χ3n) is 3.56. The van der Waals surface area contributed by atoms with E-state index >= 15 is 0 Å². The van der Waals surface area contributed by atoms with Gasteiger partial charge in [0.2, 0.25) is 10.0 Å². The Bertz CT molecular complexity index is 528. The van der Waals surface area contributed by atoms with E-state index in [-0.39, 0.29) is 16.4 Å². The molecule has 1 unspecified atom stereocenters. The molecule has 0 radical (unpaired) electrons. The minimum Gasteiger partial charge on any atom is -0.377 e. The largest absolute Gasteiger partial charge is 0.377 e. The zero-order valence-corrected chi connectivity index (χ0v) is 12.7. The lowest BCUT2D eigenvalue weighted by atomic mass is 9.88. The summed E-state index contributed by atoms with van der Waals surface area (Å²) in [4.78, 5) is 0.234. The summed E-state index contributed by atoms with van der Waals surface area (Å²) in [5.41, 5.74) is 6.03. The van der Waals surface area contributed by atoms with Crippen molar-refractivity contribution >= 4 is 15.7 Å². The van der Waals surface area contributed by atoms with Gasteiger partial charge in [-0.1, -0.05) is 26.0 Å². The molecular weight excluding hydrogens is 262 g/mol. The molecule has 1 rings (SSSR count). The summed E-state index contributed by atoms with van der Waals surface area (Å²) >= 11 is 0. The Morgan fingerprint density at radius 2 is 1.89 bits per heavy atom. The maximum Gasteiger partial charge on any atom is 0.242 e. The van der Waals surface area contributed by atoms with Crippen molar-refractivity contribution < 1.29 is 8.42 Å². The lowest BCUT2D eigenvalue weighted by Gasteiger charge is -2.35. The molecule has 0 saturated carbocycles. The third kappa shape index (κ3) is 3.46. The number of anilines is 1. The Balaban J connectivity index is 3.23. The van der Waals surface area contributed by atoms with Crippen LogP contribution in [0.1, 0.15) is 20.8 Å². The molecule has 0 aliphatic carbocycles. The normalized spacial score (nSPS) is 15.3. The van der Waals surface area contributed by atoms with Gasteiger partial charge in [0.15, 0.2) is 0 Å². The van der Waals surface area contributed by atoms with Crippen LogP contribution in [0.3, 0.4) is 0 Å². The summed E-state index contributed by atoms with van der Waals surface area (Å²) in [6.07, 6.45) is 0. The Labute approximate surface area is 115 Å². The molecule has 1 aromatic carbocycles. The third-order valence-corrected chi connectivity index (χ3v) is 5.04. The predicted molar refractivity (Wildman–Crippen MR) is 78.6 cm³/mol. The number of benzene rings is 1. The van der Waals surface area contributed by atoms with Gasteiger partial charge in [-0.3, -0.25) is 0 Å². The van der Waals surface area contributed by atoms with Crippen LogP contribution in [-0.2, 0) is 10.0 Å². The van der Waals surface area contributed by atoms with E-state index in [1.807, 2.05) is 6.92 Å². The molecule has 1 atom stereocenters. The first-order chi connectivity index (χ1) is 8.77. The lowest BCUT2D eigenvalue weighted by molar-refractivity contribution is 0.382. The van der Waals surface area contributed by atoms with Crippen molar-refractivity contribution in [2.45, 2.75) is 31.2 Å². The zero-order valence-electron chi connectivity index (χ0n) is 11.9. The molecule has 0 fully saturated rings. The molecule has 0 aliphatic rings. The predicted octanol–water partition coefficient (Wildman–Crippen LogP) is 1.38. The van der Waals surface area contributed by atoms with Crippen molar-refractivity contribution in [3.8, 4) is 0 Å². The van der Waals surface area contributed by atoms with Gasteiger partial charge in [-0.2, -0.15) is 0 Å². The molecule has 19 heavy (non-hydrogen) atoms. The molecule has 5 nitrogen and oxygen atoms in total. The Hall–Kier alpha value is -1.11. The van der Waals surface area contributed by atoms with Crippen LogP contribution < -0.4 is 15.8 Å². The smallest absolute Gasteiger partial charge is 0.242 e. The van der Waals surface area contributed by atoms with Gasteiger partial charge in [0.1, 0.15) is 4.90 Å². The van der Waals surface area contributed by atoms with E-state index in [4.69, 9.17) is 5.73 Å². The number of rotatable bonds is 6. The van der Waals surface area contributed by atoms with Crippen LogP contribution >= 0.6 is 0 Å². The summed E-state index contributed by atoms with van der Waals surface area (Å²) in [6, 6.07) is 6.82. The van der Waals surface area contributed by atoms with E-state index in [1.165, 1.54) is 7.05 Å². The zero-order chi connectivity index (χ0) is 14.7. The first kappa shape index (κ1) is 15.9. The second kappa shape index (κ2) is 5.90. The number of hydrogen-bond acceptors (Lipinski definition) is 4. The van der Waals surface area contributed by atoms with Crippen LogP contribution in [0.25, 0.3) is 0 Å². The lowest BCUT2D eigenvalue weighted by Crippen LogP contribution is -2.47. The van der Waals surface area contributed by atoms with E-state index in [9.17, 15) is 8.42 Å². The quantitative estimate of drug-likeness (QED) is 0.737. The maximum atomic E-state index is 12.0. The van der Waals surface area contributed by atoms with Gasteiger partial charge in [0.05, 0.1) is 5.69 Å². The van der Waals surface area contributed by atoms with Gasteiger partial charge in [0.25, 0.3) is 0 Å². The Kier molecular flexibility index (Phi) is 4.95. The fourth-order valence-electron chi connectivity index (χ4n) is 1.65. The average molecular weight is 285 g/mol. The minimum absolute atomic E-state index is 0.234. The number of para-hydroxylation sites is 1. The number of nitrogens with two attached hydrogens (primary N) is 1. The average Bonchev–Trinajstić information content (AvgIpc) is 2.38. The number of hydrogen-bond donors (Lipinski definition) is 3. The number of nitrogens with one attached hydrogen (secondary N) is 2. The number of sulfonamides is 1. The van der Waals surface area contributed by atoms with Gasteiger partial charge in [-0.25, -0.2) is 13.1 Å². The summed E-state index contributed by atoms with van der Waals surface area (Å²) < 4.78 is 26.3. The van der Waals surface area contributed by atoms with E-state index in [1.54, 1.807) is 24.3 Å². The van der Waals surface area contributed by atoms with Crippen LogP contribution in [0, 0.1) is 5.92 Å². The highest BCUT2D eigenvalue weighted by Crippen LogP contribution is 2.27. The fraction of sp³-hybridized carbons (Fsp3) is 0.538. The van der Waals surface area contributed by atoms with Crippen molar-refractivity contribution in [2.24, 2.45) is 11.7 Å². The van der Waals surface area contributed by atoms with Crippen LogP contribution in [0.5, 0.6) is 0 Å². The molecule has 1 aromatic rings. The highest BCUT2D eigenvalue weighted by molar-refractivity contribution is 7.89. The molecule has 0 bridgehead atoms. The van der Waals surface area contributed by atoms with Gasteiger partial charge >= 0.3 is 0 Å². The van der Waals surface area contributed by atoms with Crippen molar-refractivity contribution in [1.82, 2.24) is 4.72 Å². The highest BCUT2D eigenvalue weighted by atomic mass is 32.2. The molecular formula is C13H23N3O2S. The first-order valence-corrected chi connectivity index (χ1v) is 7.76. The molecule has 0 heterocycles. The van der Waals surface area contributed by atoms with Crippen LogP contribution in [-0.4, -0.2) is 27.5 Å². The molecule has 0 saturated heterocycles. The monoisotopic (exact) mass is 285 g/mol.